The van der Waals surface area contributed by atoms with Gasteiger partial charge in [-0.05, 0) is 37.1 Å². The Morgan fingerprint density at radius 2 is 2.29 bits per heavy atom. The third-order valence-electron chi connectivity index (χ3n) is 4.25. The van der Waals surface area contributed by atoms with Crippen molar-refractivity contribution in [3.05, 3.63) is 54.4 Å². The SMILES string of the molecule is O=C(c1ccc[nH]1)N1CCCC(c2nc(-c3cccnc3)no2)C1. The lowest BCUT2D eigenvalue weighted by molar-refractivity contribution is 0.0690. The minimum absolute atomic E-state index is 0.0108. The molecule has 1 atom stereocenters. The molecule has 0 radical (unpaired) electrons. The number of pyridine rings is 1. The Bertz CT molecular complexity index is 813. The second-order valence-corrected chi connectivity index (χ2v) is 5.87. The van der Waals surface area contributed by atoms with E-state index in [4.69, 9.17) is 4.52 Å². The van der Waals surface area contributed by atoms with Gasteiger partial charge in [0.2, 0.25) is 11.7 Å². The molecule has 0 spiro atoms. The Hall–Kier alpha value is -2.96. The maximum atomic E-state index is 12.5. The van der Waals surface area contributed by atoms with E-state index in [0.717, 1.165) is 24.9 Å². The van der Waals surface area contributed by atoms with E-state index in [9.17, 15) is 4.79 Å². The predicted molar refractivity (Wildman–Crippen MR) is 86.2 cm³/mol. The highest BCUT2D eigenvalue weighted by Crippen LogP contribution is 2.28. The van der Waals surface area contributed by atoms with Crippen molar-refractivity contribution in [1.29, 1.82) is 0 Å². The molecule has 0 saturated carbocycles. The third-order valence-corrected chi connectivity index (χ3v) is 4.25. The van der Waals surface area contributed by atoms with E-state index in [1.165, 1.54) is 0 Å². The van der Waals surface area contributed by atoms with Crippen molar-refractivity contribution in [3.8, 4) is 11.4 Å². The molecule has 0 aliphatic carbocycles. The first-order valence-corrected chi connectivity index (χ1v) is 7.98. The van der Waals surface area contributed by atoms with Crippen molar-refractivity contribution in [2.24, 2.45) is 0 Å². The molecular formula is C17H17N5O2. The first kappa shape index (κ1) is 14.6. The van der Waals surface area contributed by atoms with Gasteiger partial charge >= 0.3 is 0 Å². The zero-order valence-corrected chi connectivity index (χ0v) is 13.1. The van der Waals surface area contributed by atoms with Crippen molar-refractivity contribution in [3.63, 3.8) is 0 Å². The summed E-state index contributed by atoms with van der Waals surface area (Å²) < 4.78 is 5.44. The maximum Gasteiger partial charge on any atom is 0.270 e. The van der Waals surface area contributed by atoms with Crippen LogP contribution in [0.15, 0.2) is 47.4 Å². The van der Waals surface area contributed by atoms with Gasteiger partial charge in [0.05, 0.1) is 5.92 Å². The Kier molecular flexibility index (Phi) is 3.82. The molecule has 1 unspecified atom stereocenters. The monoisotopic (exact) mass is 323 g/mol. The van der Waals surface area contributed by atoms with Crippen LogP contribution in [0.5, 0.6) is 0 Å². The van der Waals surface area contributed by atoms with Crippen molar-refractivity contribution < 1.29 is 9.32 Å². The fourth-order valence-electron chi connectivity index (χ4n) is 3.01. The highest BCUT2D eigenvalue weighted by Gasteiger charge is 2.29. The molecule has 1 aliphatic heterocycles. The molecule has 1 aliphatic rings. The second-order valence-electron chi connectivity index (χ2n) is 5.87. The summed E-state index contributed by atoms with van der Waals surface area (Å²) in [5, 5.41) is 4.05. The number of aromatic nitrogens is 4. The zero-order chi connectivity index (χ0) is 16.4. The molecule has 122 valence electrons. The van der Waals surface area contributed by atoms with Crippen LogP contribution in [0.25, 0.3) is 11.4 Å². The van der Waals surface area contributed by atoms with E-state index < -0.39 is 0 Å². The average molecular weight is 323 g/mol. The molecular weight excluding hydrogens is 306 g/mol. The van der Waals surface area contributed by atoms with Crippen LogP contribution in [0.2, 0.25) is 0 Å². The van der Waals surface area contributed by atoms with Gasteiger partial charge < -0.3 is 14.4 Å². The number of hydrogen-bond donors (Lipinski definition) is 1. The third kappa shape index (κ3) is 2.80. The minimum atomic E-state index is 0.0108. The van der Waals surface area contributed by atoms with Gasteiger partial charge in [-0.1, -0.05) is 5.16 Å². The first-order chi connectivity index (χ1) is 11.8. The minimum Gasteiger partial charge on any atom is -0.357 e. The van der Waals surface area contributed by atoms with Crippen molar-refractivity contribution in [2.75, 3.05) is 13.1 Å². The molecule has 1 N–H and O–H groups in total. The normalized spacial score (nSPS) is 17.8. The fraction of sp³-hybridized carbons (Fsp3) is 0.294. The number of amides is 1. The molecule has 3 aromatic heterocycles. The summed E-state index contributed by atoms with van der Waals surface area (Å²) in [4.78, 5) is 25.9. The Morgan fingerprint density at radius 1 is 1.33 bits per heavy atom. The lowest BCUT2D eigenvalue weighted by Gasteiger charge is -2.30. The number of nitrogens with one attached hydrogen (secondary N) is 1. The molecule has 0 bridgehead atoms. The molecule has 24 heavy (non-hydrogen) atoms. The quantitative estimate of drug-likeness (QED) is 0.800. The van der Waals surface area contributed by atoms with E-state index in [1.807, 2.05) is 23.1 Å². The number of aromatic amines is 1. The van der Waals surface area contributed by atoms with Crippen molar-refractivity contribution >= 4 is 5.91 Å². The number of piperidine rings is 1. The number of carbonyl (C=O) groups excluding carboxylic acids is 1. The van der Waals surface area contributed by atoms with Crippen LogP contribution >= 0.6 is 0 Å². The van der Waals surface area contributed by atoms with Crippen molar-refractivity contribution in [1.82, 2.24) is 25.0 Å². The van der Waals surface area contributed by atoms with Gasteiger partial charge in [-0.25, -0.2) is 0 Å². The smallest absolute Gasteiger partial charge is 0.270 e. The van der Waals surface area contributed by atoms with Gasteiger partial charge in [0.15, 0.2) is 0 Å². The van der Waals surface area contributed by atoms with E-state index in [-0.39, 0.29) is 11.8 Å². The van der Waals surface area contributed by atoms with Crippen molar-refractivity contribution in [2.45, 2.75) is 18.8 Å². The van der Waals surface area contributed by atoms with Gasteiger partial charge in [-0.3, -0.25) is 9.78 Å². The number of H-pyrrole nitrogens is 1. The van der Waals surface area contributed by atoms with Crippen LogP contribution in [-0.4, -0.2) is 44.0 Å². The Balaban J connectivity index is 1.50. The van der Waals surface area contributed by atoms with Crippen LogP contribution in [0.1, 0.15) is 35.1 Å². The lowest BCUT2D eigenvalue weighted by atomic mass is 9.97. The number of rotatable bonds is 3. The molecule has 7 nitrogen and oxygen atoms in total. The van der Waals surface area contributed by atoms with Crippen LogP contribution in [0.4, 0.5) is 0 Å². The molecule has 1 amide bonds. The topological polar surface area (TPSA) is 87.9 Å². The second kappa shape index (κ2) is 6.27. The van der Waals surface area contributed by atoms with Crippen LogP contribution in [-0.2, 0) is 0 Å². The lowest BCUT2D eigenvalue weighted by Crippen LogP contribution is -2.39. The number of nitrogens with zero attached hydrogens (tertiary/aromatic N) is 4. The van der Waals surface area contributed by atoms with Crippen LogP contribution in [0, 0.1) is 0 Å². The first-order valence-electron chi connectivity index (χ1n) is 7.98. The van der Waals surface area contributed by atoms with Gasteiger partial charge in [-0.2, -0.15) is 4.98 Å². The maximum absolute atomic E-state index is 12.5. The molecule has 3 aromatic rings. The molecule has 0 aromatic carbocycles. The van der Waals surface area contributed by atoms with E-state index in [0.29, 0.717) is 24.0 Å². The summed E-state index contributed by atoms with van der Waals surface area (Å²) in [5.74, 6) is 1.19. The highest BCUT2D eigenvalue weighted by atomic mass is 16.5. The summed E-state index contributed by atoms with van der Waals surface area (Å²) in [6.45, 7) is 1.34. The van der Waals surface area contributed by atoms with E-state index >= 15 is 0 Å². The molecule has 4 rings (SSSR count). The summed E-state index contributed by atoms with van der Waals surface area (Å²) in [6, 6.07) is 7.35. The molecule has 4 heterocycles. The molecule has 1 saturated heterocycles. The molecule has 7 heteroatoms. The number of likely N-dealkylation sites (tertiary alicyclic amines) is 1. The van der Waals surface area contributed by atoms with Crippen LogP contribution in [0.3, 0.4) is 0 Å². The predicted octanol–water partition coefficient (Wildman–Crippen LogP) is 2.48. The van der Waals surface area contributed by atoms with E-state index in [2.05, 4.69) is 20.1 Å². The summed E-state index contributed by atoms with van der Waals surface area (Å²) >= 11 is 0. The summed E-state index contributed by atoms with van der Waals surface area (Å²) in [7, 11) is 0. The summed E-state index contributed by atoms with van der Waals surface area (Å²) in [5.41, 5.74) is 1.43. The molecule has 1 fully saturated rings. The average Bonchev–Trinajstić information content (AvgIpc) is 3.34. The van der Waals surface area contributed by atoms with Crippen LogP contribution < -0.4 is 0 Å². The number of hydrogen-bond acceptors (Lipinski definition) is 5. The van der Waals surface area contributed by atoms with Gasteiger partial charge in [0.25, 0.3) is 5.91 Å². The van der Waals surface area contributed by atoms with Gasteiger partial charge in [-0.15, -0.1) is 0 Å². The van der Waals surface area contributed by atoms with Gasteiger partial charge in [0, 0.05) is 37.2 Å². The fourth-order valence-corrected chi connectivity index (χ4v) is 3.01. The zero-order valence-electron chi connectivity index (χ0n) is 13.1. The largest absolute Gasteiger partial charge is 0.357 e. The van der Waals surface area contributed by atoms with Gasteiger partial charge in [0.1, 0.15) is 5.69 Å². The Morgan fingerprint density at radius 3 is 3.08 bits per heavy atom. The van der Waals surface area contributed by atoms with E-state index in [1.54, 1.807) is 24.7 Å². The number of carbonyl (C=O) groups is 1. The summed E-state index contributed by atoms with van der Waals surface area (Å²) in [6.07, 6.45) is 7.02. The highest BCUT2D eigenvalue weighted by molar-refractivity contribution is 5.92. The standard InChI is InChI=1S/C17H17N5O2/c23-17(14-6-2-8-19-14)22-9-3-5-13(11-22)16-20-15(21-24-16)12-4-1-7-18-10-12/h1-2,4,6-8,10,13,19H,3,5,9,11H2. The Labute approximate surface area is 138 Å².